The van der Waals surface area contributed by atoms with Crippen LogP contribution in [0.15, 0.2) is 24.3 Å². The third-order valence-electron chi connectivity index (χ3n) is 4.90. The van der Waals surface area contributed by atoms with Crippen LogP contribution in [0.1, 0.15) is 18.4 Å². The van der Waals surface area contributed by atoms with Gasteiger partial charge in [0, 0.05) is 26.2 Å². The number of benzene rings is 1. The standard InChI is InChI=1S/C19H30N2O3/c1-20(2)13-18-8-9-19(24-18)14-21(10-11-23-15-19)12-16-4-6-17(22-3)7-5-16/h4-7,18H,8-15H2,1-3H3/t18-,19-/m0/s1. The van der Waals surface area contributed by atoms with Crippen molar-refractivity contribution in [3.05, 3.63) is 29.8 Å². The summed E-state index contributed by atoms with van der Waals surface area (Å²) in [4.78, 5) is 4.67. The van der Waals surface area contributed by atoms with Gasteiger partial charge in [-0.3, -0.25) is 4.90 Å². The fraction of sp³-hybridized carbons (Fsp3) is 0.684. The molecule has 2 heterocycles. The molecule has 2 aliphatic rings. The van der Waals surface area contributed by atoms with Crippen LogP contribution >= 0.6 is 0 Å². The first-order valence-corrected chi connectivity index (χ1v) is 8.84. The second-order valence-electron chi connectivity index (χ2n) is 7.34. The molecule has 134 valence electrons. The van der Waals surface area contributed by atoms with Crippen LogP contribution in [0.5, 0.6) is 5.75 Å². The number of nitrogens with zero attached hydrogens (tertiary/aromatic N) is 2. The number of likely N-dealkylation sites (N-methyl/N-ethyl adjacent to an activating group) is 1. The van der Waals surface area contributed by atoms with Gasteiger partial charge in [-0.25, -0.2) is 0 Å². The summed E-state index contributed by atoms with van der Waals surface area (Å²) in [6, 6.07) is 8.33. The fourth-order valence-electron chi connectivity index (χ4n) is 3.76. The predicted molar refractivity (Wildman–Crippen MR) is 94.5 cm³/mol. The molecule has 0 bridgehead atoms. The Morgan fingerprint density at radius 1 is 1.29 bits per heavy atom. The lowest BCUT2D eigenvalue weighted by atomic mass is 9.99. The van der Waals surface area contributed by atoms with Crippen molar-refractivity contribution in [3.63, 3.8) is 0 Å². The first-order chi connectivity index (χ1) is 11.6. The molecule has 0 N–H and O–H groups in total. The summed E-state index contributed by atoms with van der Waals surface area (Å²) in [6.07, 6.45) is 2.53. The monoisotopic (exact) mass is 334 g/mol. The zero-order valence-electron chi connectivity index (χ0n) is 15.2. The van der Waals surface area contributed by atoms with E-state index in [-0.39, 0.29) is 5.60 Å². The van der Waals surface area contributed by atoms with Crippen molar-refractivity contribution in [1.29, 1.82) is 0 Å². The number of hydrogen-bond acceptors (Lipinski definition) is 5. The Labute approximate surface area is 145 Å². The van der Waals surface area contributed by atoms with Crippen LogP contribution in [0.3, 0.4) is 0 Å². The first-order valence-electron chi connectivity index (χ1n) is 8.84. The maximum atomic E-state index is 6.46. The predicted octanol–water partition coefficient (Wildman–Crippen LogP) is 2.01. The first kappa shape index (κ1) is 17.7. The Morgan fingerprint density at radius 2 is 2.08 bits per heavy atom. The van der Waals surface area contributed by atoms with Crippen molar-refractivity contribution in [1.82, 2.24) is 9.80 Å². The molecule has 0 amide bonds. The molecule has 2 fully saturated rings. The van der Waals surface area contributed by atoms with Crippen LogP contribution in [0.4, 0.5) is 0 Å². The molecule has 1 aromatic carbocycles. The lowest BCUT2D eigenvalue weighted by Gasteiger charge is -2.32. The minimum Gasteiger partial charge on any atom is -0.497 e. The molecule has 1 spiro atoms. The summed E-state index contributed by atoms with van der Waals surface area (Å²) in [5.41, 5.74) is 1.17. The molecule has 3 rings (SSSR count). The van der Waals surface area contributed by atoms with Gasteiger partial charge in [-0.1, -0.05) is 12.1 Å². The molecule has 2 atom stereocenters. The molecule has 1 aromatic rings. The Kier molecular flexibility index (Phi) is 5.76. The number of methoxy groups -OCH3 is 1. The van der Waals surface area contributed by atoms with Crippen molar-refractivity contribution in [3.8, 4) is 5.75 Å². The van der Waals surface area contributed by atoms with Gasteiger partial charge in [0.2, 0.25) is 0 Å². The zero-order chi connectivity index (χ0) is 17.0. The molecule has 2 aliphatic heterocycles. The summed E-state index contributed by atoms with van der Waals surface area (Å²) in [5, 5.41) is 0. The van der Waals surface area contributed by atoms with Crippen LogP contribution in [0.25, 0.3) is 0 Å². The molecule has 24 heavy (non-hydrogen) atoms. The molecule has 0 saturated carbocycles. The SMILES string of the molecule is COc1ccc(CN2CCOC[C@]3(CC[C@@H](CN(C)C)O3)C2)cc1. The van der Waals surface area contributed by atoms with Crippen molar-refractivity contribution in [2.45, 2.75) is 31.1 Å². The molecular weight excluding hydrogens is 304 g/mol. The second kappa shape index (κ2) is 7.83. The van der Waals surface area contributed by atoms with Gasteiger partial charge in [0.15, 0.2) is 0 Å². The van der Waals surface area contributed by atoms with E-state index in [9.17, 15) is 0 Å². The van der Waals surface area contributed by atoms with Gasteiger partial charge >= 0.3 is 0 Å². The third-order valence-corrected chi connectivity index (χ3v) is 4.90. The average Bonchev–Trinajstić information content (AvgIpc) is 2.82. The molecule has 5 heteroatoms. The van der Waals surface area contributed by atoms with Crippen LogP contribution < -0.4 is 4.74 Å². The van der Waals surface area contributed by atoms with Crippen molar-refractivity contribution < 1.29 is 14.2 Å². The van der Waals surface area contributed by atoms with Gasteiger partial charge in [-0.05, 0) is 44.6 Å². The van der Waals surface area contributed by atoms with Crippen LogP contribution in [0.2, 0.25) is 0 Å². The number of rotatable bonds is 5. The molecule has 0 unspecified atom stereocenters. The van der Waals surface area contributed by atoms with Gasteiger partial charge in [0.25, 0.3) is 0 Å². The average molecular weight is 334 g/mol. The van der Waals surface area contributed by atoms with Gasteiger partial charge in [-0.2, -0.15) is 0 Å². The van der Waals surface area contributed by atoms with Crippen molar-refractivity contribution >= 4 is 0 Å². The summed E-state index contributed by atoms with van der Waals surface area (Å²) in [7, 11) is 5.91. The minimum absolute atomic E-state index is 0.135. The fourth-order valence-corrected chi connectivity index (χ4v) is 3.76. The quantitative estimate of drug-likeness (QED) is 0.823. The molecule has 5 nitrogen and oxygen atoms in total. The largest absolute Gasteiger partial charge is 0.497 e. The van der Waals surface area contributed by atoms with E-state index in [1.165, 1.54) is 5.56 Å². The highest BCUT2D eigenvalue weighted by Gasteiger charge is 2.43. The van der Waals surface area contributed by atoms with Crippen molar-refractivity contribution in [2.24, 2.45) is 0 Å². The number of ether oxygens (including phenoxy) is 3. The van der Waals surface area contributed by atoms with Gasteiger partial charge in [0.05, 0.1) is 26.4 Å². The summed E-state index contributed by atoms with van der Waals surface area (Å²) in [5.74, 6) is 0.903. The van der Waals surface area contributed by atoms with Gasteiger partial charge in [0.1, 0.15) is 11.4 Å². The third kappa shape index (κ3) is 4.48. The Bertz CT molecular complexity index is 520. The maximum absolute atomic E-state index is 6.46. The van der Waals surface area contributed by atoms with Crippen molar-refractivity contribution in [2.75, 3.05) is 54.1 Å². The maximum Gasteiger partial charge on any atom is 0.118 e. The molecular formula is C19H30N2O3. The van der Waals surface area contributed by atoms with Gasteiger partial charge < -0.3 is 19.1 Å². The lowest BCUT2D eigenvalue weighted by Crippen LogP contribution is -2.45. The van der Waals surface area contributed by atoms with Gasteiger partial charge in [-0.15, -0.1) is 0 Å². The number of hydrogen-bond donors (Lipinski definition) is 0. The normalized spacial score (nSPS) is 28.4. The van der Waals surface area contributed by atoms with E-state index >= 15 is 0 Å². The smallest absolute Gasteiger partial charge is 0.118 e. The van der Waals surface area contributed by atoms with Crippen LogP contribution in [-0.4, -0.2) is 75.6 Å². The van der Waals surface area contributed by atoms with Crippen LogP contribution in [-0.2, 0) is 16.0 Å². The Hall–Kier alpha value is -1.14. The van der Waals surface area contributed by atoms with E-state index in [1.807, 2.05) is 12.1 Å². The second-order valence-corrected chi connectivity index (χ2v) is 7.34. The molecule has 0 aromatic heterocycles. The highest BCUT2D eigenvalue weighted by molar-refractivity contribution is 5.27. The topological polar surface area (TPSA) is 34.2 Å². The summed E-state index contributed by atoms with van der Waals surface area (Å²) < 4.78 is 17.6. The van der Waals surface area contributed by atoms with E-state index in [1.54, 1.807) is 7.11 Å². The Balaban J connectivity index is 1.62. The summed E-state index contributed by atoms with van der Waals surface area (Å²) >= 11 is 0. The highest BCUT2D eigenvalue weighted by Crippen LogP contribution is 2.33. The van der Waals surface area contributed by atoms with Crippen LogP contribution in [0, 0.1) is 0 Å². The van der Waals surface area contributed by atoms with E-state index in [2.05, 4.69) is 36.0 Å². The van der Waals surface area contributed by atoms with E-state index in [4.69, 9.17) is 14.2 Å². The minimum atomic E-state index is -0.135. The molecule has 0 radical (unpaired) electrons. The highest BCUT2D eigenvalue weighted by atomic mass is 16.6. The zero-order valence-corrected chi connectivity index (χ0v) is 15.2. The molecule has 2 saturated heterocycles. The van der Waals surface area contributed by atoms with E-state index in [0.717, 1.165) is 58.0 Å². The van der Waals surface area contributed by atoms with E-state index in [0.29, 0.717) is 6.10 Å². The lowest BCUT2D eigenvalue weighted by molar-refractivity contribution is -0.0902. The molecule has 0 aliphatic carbocycles. The Morgan fingerprint density at radius 3 is 2.79 bits per heavy atom. The van der Waals surface area contributed by atoms with E-state index < -0.39 is 0 Å². The summed E-state index contributed by atoms with van der Waals surface area (Å²) in [6.45, 7) is 5.31.